The highest BCUT2D eigenvalue weighted by Crippen LogP contribution is 2.38. The van der Waals surface area contributed by atoms with Crippen LogP contribution in [0.15, 0.2) is 36.4 Å². The second-order valence-electron chi connectivity index (χ2n) is 5.06. The van der Waals surface area contributed by atoms with Crippen molar-refractivity contribution in [1.82, 2.24) is 9.55 Å². The largest absolute Gasteiger partial charge is 0.489 e. The van der Waals surface area contributed by atoms with E-state index in [1.165, 1.54) is 6.07 Å². The summed E-state index contributed by atoms with van der Waals surface area (Å²) in [6, 6.07) is 10.9. The third-order valence-electron chi connectivity index (χ3n) is 3.78. The molecular formula is C16H14FN3O. The minimum Gasteiger partial charge on any atom is -0.489 e. The first-order valence-corrected chi connectivity index (χ1v) is 6.87. The Balaban J connectivity index is 1.99. The lowest BCUT2D eigenvalue weighted by Crippen LogP contribution is -2.18. The molecule has 0 radical (unpaired) electrons. The minimum absolute atomic E-state index is 0.307. The molecule has 106 valence electrons. The molecule has 2 aromatic carbocycles. The molecule has 0 saturated heterocycles. The monoisotopic (exact) mass is 283 g/mol. The number of aryl methyl sites for hydroxylation is 1. The topological polar surface area (TPSA) is 39.1 Å². The van der Waals surface area contributed by atoms with Gasteiger partial charge in [-0.05, 0) is 24.3 Å². The van der Waals surface area contributed by atoms with Crippen molar-refractivity contribution in [2.75, 3.05) is 18.5 Å². The Kier molecular flexibility index (Phi) is 2.60. The number of benzene rings is 2. The molecule has 5 heteroatoms. The number of fused-ring (bicyclic) bond motifs is 2. The zero-order valence-corrected chi connectivity index (χ0v) is 11.6. The lowest BCUT2D eigenvalue weighted by atomic mass is 10.1. The molecule has 1 aromatic heterocycles. The average molecular weight is 283 g/mol. The van der Waals surface area contributed by atoms with E-state index in [4.69, 9.17) is 4.74 Å². The molecule has 2 heterocycles. The Bertz CT molecular complexity index is 841. The predicted molar refractivity (Wildman–Crippen MR) is 80.1 cm³/mol. The first-order valence-electron chi connectivity index (χ1n) is 6.87. The Morgan fingerprint density at radius 3 is 2.95 bits per heavy atom. The molecule has 21 heavy (non-hydrogen) atoms. The van der Waals surface area contributed by atoms with Crippen LogP contribution in [0.1, 0.15) is 0 Å². The van der Waals surface area contributed by atoms with Gasteiger partial charge < -0.3 is 14.6 Å². The van der Waals surface area contributed by atoms with Gasteiger partial charge in [0.2, 0.25) is 0 Å². The summed E-state index contributed by atoms with van der Waals surface area (Å²) in [7, 11) is 1.89. The summed E-state index contributed by atoms with van der Waals surface area (Å²) in [6.07, 6.45) is 0. The summed E-state index contributed by atoms with van der Waals surface area (Å²) in [6.45, 7) is 1.40. The van der Waals surface area contributed by atoms with Crippen LogP contribution in [0.4, 0.5) is 10.1 Å². The number of nitrogens with one attached hydrogen (secondary N) is 1. The first-order chi connectivity index (χ1) is 10.3. The summed E-state index contributed by atoms with van der Waals surface area (Å²) in [4.78, 5) is 4.47. The molecule has 3 aromatic rings. The maximum absolute atomic E-state index is 13.9. The molecule has 1 N–H and O–H groups in total. The van der Waals surface area contributed by atoms with Crippen LogP contribution in [0, 0.1) is 5.82 Å². The molecular weight excluding hydrogens is 269 g/mol. The fourth-order valence-corrected chi connectivity index (χ4v) is 2.77. The number of ether oxygens (including phenoxy) is 1. The summed E-state index contributed by atoms with van der Waals surface area (Å²) in [5, 5.41) is 3.30. The molecule has 1 aliphatic rings. The average Bonchev–Trinajstić information content (AvgIpc) is 2.85. The molecule has 0 atom stereocenters. The van der Waals surface area contributed by atoms with E-state index in [0.29, 0.717) is 17.9 Å². The second-order valence-corrected chi connectivity index (χ2v) is 5.06. The van der Waals surface area contributed by atoms with Crippen LogP contribution in [0.2, 0.25) is 0 Å². The van der Waals surface area contributed by atoms with Gasteiger partial charge in [-0.15, -0.1) is 0 Å². The number of halogens is 1. The highest BCUT2D eigenvalue weighted by atomic mass is 19.1. The molecule has 0 aliphatic carbocycles. The van der Waals surface area contributed by atoms with Gasteiger partial charge in [-0.1, -0.05) is 12.1 Å². The van der Waals surface area contributed by atoms with Crippen molar-refractivity contribution in [3.05, 3.63) is 42.2 Å². The smallest absolute Gasteiger partial charge is 0.153 e. The van der Waals surface area contributed by atoms with Gasteiger partial charge in [0.15, 0.2) is 11.6 Å². The van der Waals surface area contributed by atoms with Crippen LogP contribution in [0.3, 0.4) is 0 Å². The van der Waals surface area contributed by atoms with E-state index in [1.54, 1.807) is 6.07 Å². The molecule has 4 nitrogen and oxygen atoms in total. The maximum Gasteiger partial charge on any atom is 0.153 e. The van der Waals surface area contributed by atoms with Gasteiger partial charge in [-0.3, -0.25) is 0 Å². The van der Waals surface area contributed by atoms with Gasteiger partial charge in [-0.25, -0.2) is 9.37 Å². The molecule has 0 spiro atoms. The quantitative estimate of drug-likeness (QED) is 0.745. The lowest BCUT2D eigenvalue weighted by molar-refractivity contribution is 0.324. The number of para-hydroxylation sites is 2. The van der Waals surface area contributed by atoms with Crippen LogP contribution >= 0.6 is 0 Å². The minimum atomic E-state index is -0.307. The zero-order valence-electron chi connectivity index (χ0n) is 11.6. The summed E-state index contributed by atoms with van der Waals surface area (Å²) < 4.78 is 21.6. The highest BCUT2D eigenvalue weighted by Gasteiger charge is 2.20. The summed E-state index contributed by atoms with van der Waals surface area (Å²) in [5.41, 5.74) is 2.98. The van der Waals surface area contributed by atoms with E-state index in [2.05, 4.69) is 10.3 Å². The fraction of sp³-hybridized carbons (Fsp3) is 0.188. The summed E-state index contributed by atoms with van der Waals surface area (Å²) >= 11 is 0. The Morgan fingerprint density at radius 1 is 1.24 bits per heavy atom. The number of nitrogens with zero attached hydrogens (tertiary/aromatic N) is 2. The van der Waals surface area contributed by atoms with Crippen molar-refractivity contribution in [2.24, 2.45) is 7.05 Å². The SMILES string of the molecule is Cn1c(-c2cccc3c2OCCN3)nc2c(F)cccc21. The van der Waals surface area contributed by atoms with Crippen LogP contribution in [0.25, 0.3) is 22.4 Å². The molecule has 0 unspecified atom stereocenters. The second kappa shape index (κ2) is 4.48. The van der Waals surface area contributed by atoms with Gasteiger partial charge in [0, 0.05) is 13.6 Å². The van der Waals surface area contributed by atoms with Crippen molar-refractivity contribution in [3.8, 4) is 17.1 Å². The van der Waals surface area contributed by atoms with Crippen molar-refractivity contribution in [2.45, 2.75) is 0 Å². The third-order valence-corrected chi connectivity index (χ3v) is 3.78. The van der Waals surface area contributed by atoms with E-state index in [0.717, 1.165) is 29.1 Å². The Morgan fingerprint density at radius 2 is 2.10 bits per heavy atom. The van der Waals surface area contributed by atoms with E-state index >= 15 is 0 Å². The number of anilines is 1. The van der Waals surface area contributed by atoms with Crippen molar-refractivity contribution in [3.63, 3.8) is 0 Å². The highest BCUT2D eigenvalue weighted by molar-refractivity contribution is 5.84. The van der Waals surface area contributed by atoms with Gasteiger partial charge in [0.05, 0.1) is 16.8 Å². The van der Waals surface area contributed by atoms with Crippen LogP contribution in [-0.4, -0.2) is 22.7 Å². The summed E-state index contributed by atoms with van der Waals surface area (Å²) in [5.74, 6) is 1.18. The van der Waals surface area contributed by atoms with Crippen molar-refractivity contribution < 1.29 is 9.13 Å². The van der Waals surface area contributed by atoms with Crippen molar-refractivity contribution in [1.29, 1.82) is 0 Å². The molecule has 0 fully saturated rings. The van der Waals surface area contributed by atoms with Gasteiger partial charge in [0.1, 0.15) is 17.9 Å². The fourth-order valence-electron chi connectivity index (χ4n) is 2.77. The lowest BCUT2D eigenvalue weighted by Gasteiger charge is -2.21. The van der Waals surface area contributed by atoms with E-state index in [-0.39, 0.29) is 5.82 Å². The standard InChI is InChI=1S/C16H14FN3O/c1-20-13-7-3-5-11(17)14(13)19-16(20)10-4-2-6-12-15(10)21-9-8-18-12/h2-7,18H,8-9H2,1H3. The van der Waals surface area contributed by atoms with Crippen LogP contribution in [0.5, 0.6) is 5.75 Å². The number of imidazole rings is 1. The molecule has 4 rings (SSSR count). The predicted octanol–water partition coefficient (Wildman–Crippen LogP) is 3.18. The van der Waals surface area contributed by atoms with Crippen LogP contribution in [-0.2, 0) is 7.05 Å². The maximum atomic E-state index is 13.9. The molecule has 0 bridgehead atoms. The van der Waals surface area contributed by atoms with Crippen LogP contribution < -0.4 is 10.1 Å². The van der Waals surface area contributed by atoms with Gasteiger partial charge in [0.25, 0.3) is 0 Å². The van der Waals surface area contributed by atoms with E-state index in [1.807, 2.05) is 35.9 Å². The van der Waals surface area contributed by atoms with Crippen molar-refractivity contribution >= 4 is 16.7 Å². The Hall–Kier alpha value is -2.56. The number of hydrogen-bond donors (Lipinski definition) is 1. The van der Waals surface area contributed by atoms with E-state index < -0.39 is 0 Å². The first kappa shape index (κ1) is 12.2. The molecule has 0 saturated carbocycles. The molecule has 0 amide bonds. The van der Waals surface area contributed by atoms with Gasteiger partial charge in [-0.2, -0.15) is 0 Å². The zero-order chi connectivity index (χ0) is 14.4. The van der Waals surface area contributed by atoms with E-state index in [9.17, 15) is 4.39 Å². The Labute approximate surface area is 121 Å². The molecule has 1 aliphatic heterocycles. The third kappa shape index (κ3) is 1.77. The number of hydrogen-bond acceptors (Lipinski definition) is 3. The number of aromatic nitrogens is 2. The number of rotatable bonds is 1. The normalized spacial score (nSPS) is 13.6. The van der Waals surface area contributed by atoms with Gasteiger partial charge >= 0.3 is 0 Å².